The first-order valence-electron chi connectivity index (χ1n) is 8.95. The lowest BCUT2D eigenvalue weighted by Gasteiger charge is -2.25. The van der Waals surface area contributed by atoms with E-state index in [-0.39, 0.29) is 11.4 Å². The molecule has 2 unspecified atom stereocenters. The normalized spacial score (nSPS) is 31.2. The van der Waals surface area contributed by atoms with Gasteiger partial charge in [0.2, 0.25) is 0 Å². The lowest BCUT2D eigenvalue weighted by Crippen LogP contribution is -2.43. The van der Waals surface area contributed by atoms with Gasteiger partial charge in [-0.05, 0) is 45.2 Å². The predicted octanol–water partition coefficient (Wildman–Crippen LogP) is 0.855. The molecule has 0 radical (unpaired) electrons. The molecule has 6 nitrogen and oxygen atoms in total. The molecule has 3 aliphatic rings. The van der Waals surface area contributed by atoms with Gasteiger partial charge in [-0.1, -0.05) is 0 Å². The first kappa shape index (κ1) is 15.1. The molecule has 2 N–H and O–H groups in total. The topological polar surface area (TPSA) is 62.2 Å². The average molecular weight is 317 g/mol. The first-order chi connectivity index (χ1) is 11.2. The lowest BCUT2D eigenvalue weighted by molar-refractivity contribution is 0.0780. The van der Waals surface area contributed by atoms with Gasteiger partial charge >= 0.3 is 0 Å². The van der Waals surface area contributed by atoms with Crippen molar-refractivity contribution < 1.29 is 4.79 Å². The van der Waals surface area contributed by atoms with E-state index >= 15 is 0 Å². The lowest BCUT2D eigenvalue weighted by atomic mass is 9.93. The number of hydrogen-bond acceptors (Lipinski definition) is 4. The number of likely N-dealkylation sites (tertiary alicyclic amines) is 1. The Balaban J connectivity index is 1.54. The number of aromatic nitrogens is 2. The third-order valence-corrected chi connectivity index (χ3v) is 5.74. The molecular weight excluding hydrogens is 290 g/mol. The van der Waals surface area contributed by atoms with Gasteiger partial charge in [0.05, 0.1) is 11.3 Å². The summed E-state index contributed by atoms with van der Waals surface area (Å²) in [5.74, 6) is 0.536. The third-order valence-electron chi connectivity index (χ3n) is 5.74. The summed E-state index contributed by atoms with van der Waals surface area (Å²) in [5, 5.41) is 11.7. The van der Waals surface area contributed by atoms with Gasteiger partial charge in [-0.2, -0.15) is 5.10 Å². The van der Waals surface area contributed by atoms with E-state index in [0.29, 0.717) is 5.92 Å². The minimum atomic E-state index is 0.171. The van der Waals surface area contributed by atoms with Crippen molar-refractivity contribution in [1.29, 1.82) is 0 Å². The summed E-state index contributed by atoms with van der Waals surface area (Å²) < 4.78 is 1.80. The van der Waals surface area contributed by atoms with Crippen molar-refractivity contribution >= 4 is 5.91 Å². The number of amides is 1. The van der Waals surface area contributed by atoms with E-state index in [1.54, 1.807) is 4.68 Å². The molecule has 6 heteroatoms. The molecule has 1 aromatic heterocycles. The Morgan fingerprint density at radius 1 is 1.35 bits per heavy atom. The highest BCUT2D eigenvalue weighted by Gasteiger charge is 2.42. The number of nitrogens with one attached hydrogen (secondary N) is 2. The van der Waals surface area contributed by atoms with Crippen LogP contribution in [-0.4, -0.2) is 58.9 Å². The largest absolute Gasteiger partial charge is 0.337 e. The number of piperidine rings is 1. The fourth-order valence-corrected chi connectivity index (χ4v) is 4.49. The average Bonchev–Trinajstić information content (AvgIpc) is 3.29. The Kier molecular flexibility index (Phi) is 3.89. The van der Waals surface area contributed by atoms with Crippen LogP contribution in [0.4, 0.5) is 0 Å². The van der Waals surface area contributed by atoms with Gasteiger partial charge in [-0.15, -0.1) is 0 Å². The Morgan fingerprint density at radius 3 is 3.00 bits per heavy atom. The number of hydrogen-bond donors (Lipinski definition) is 2. The summed E-state index contributed by atoms with van der Waals surface area (Å²) in [7, 11) is 1.92. The summed E-state index contributed by atoms with van der Waals surface area (Å²) >= 11 is 0. The van der Waals surface area contributed by atoms with Gasteiger partial charge < -0.3 is 15.5 Å². The van der Waals surface area contributed by atoms with Crippen LogP contribution in [0.1, 0.15) is 54.1 Å². The van der Waals surface area contributed by atoms with Crippen LogP contribution in [0.3, 0.4) is 0 Å². The smallest absolute Gasteiger partial charge is 0.257 e. The van der Waals surface area contributed by atoms with Crippen LogP contribution in [0.2, 0.25) is 0 Å². The second-order valence-electron chi connectivity index (χ2n) is 7.43. The molecule has 126 valence electrons. The number of aryl methyl sites for hydroxylation is 1. The molecule has 3 fully saturated rings. The van der Waals surface area contributed by atoms with Gasteiger partial charge in [-0.25, -0.2) is 0 Å². The minimum Gasteiger partial charge on any atom is -0.337 e. The number of rotatable bonds is 2. The zero-order valence-corrected chi connectivity index (χ0v) is 14.0. The van der Waals surface area contributed by atoms with E-state index in [2.05, 4.69) is 15.7 Å². The Hall–Kier alpha value is -1.40. The summed E-state index contributed by atoms with van der Waals surface area (Å²) in [6, 6.07) is 0. The zero-order chi connectivity index (χ0) is 15.9. The van der Waals surface area contributed by atoms with E-state index < -0.39 is 0 Å². The first-order valence-corrected chi connectivity index (χ1v) is 8.95. The molecule has 0 bridgehead atoms. The van der Waals surface area contributed by atoms with E-state index in [0.717, 1.165) is 63.2 Å². The quantitative estimate of drug-likeness (QED) is 0.849. The molecule has 1 spiro atoms. The maximum Gasteiger partial charge on any atom is 0.257 e. The van der Waals surface area contributed by atoms with Crippen LogP contribution >= 0.6 is 0 Å². The van der Waals surface area contributed by atoms with Crippen molar-refractivity contribution in [2.24, 2.45) is 7.05 Å². The highest BCUT2D eigenvalue weighted by Crippen LogP contribution is 2.32. The van der Waals surface area contributed by atoms with Crippen molar-refractivity contribution in [3.05, 3.63) is 17.5 Å². The van der Waals surface area contributed by atoms with Crippen LogP contribution in [0.25, 0.3) is 0 Å². The molecule has 1 aromatic rings. The van der Waals surface area contributed by atoms with Crippen LogP contribution in [0.5, 0.6) is 0 Å². The van der Waals surface area contributed by atoms with E-state index in [4.69, 9.17) is 0 Å². The van der Waals surface area contributed by atoms with Gasteiger partial charge in [0.1, 0.15) is 0 Å². The molecule has 0 aliphatic carbocycles. The predicted molar refractivity (Wildman–Crippen MR) is 88.5 cm³/mol. The Labute approximate surface area is 137 Å². The van der Waals surface area contributed by atoms with E-state index in [1.807, 2.05) is 18.1 Å². The summed E-state index contributed by atoms with van der Waals surface area (Å²) in [6.07, 6.45) is 7.71. The molecule has 23 heavy (non-hydrogen) atoms. The fraction of sp³-hybridized carbons (Fsp3) is 0.765. The van der Waals surface area contributed by atoms with Crippen LogP contribution < -0.4 is 10.6 Å². The van der Waals surface area contributed by atoms with Crippen molar-refractivity contribution in [1.82, 2.24) is 25.3 Å². The molecule has 0 aromatic carbocycles. The molecule has 3 aliphatic heterocycles. The minimum absolute atomic E-state index is 0.171. The molecule has 0 saturated carbocycles. The van der Waals surface area contributed by atoms with E-state index in [9.17, 15) is 4.79 Å². The van der Waals surface area contributed by atoms with Crippen LogP contribution in [-0.2, 0) is 7.05 Å². The van der Waals surface area contributed by atoms with Crippen LogP contribution in [0, 0.1) is 0 Å². The van der Waals surface area contributed by atoms with Crippen molar-refractivity contribution in [3.63, 3.8) is 0 Å². The van der Waals surface area contributed by atoms with Crippen LogP contribution in [0.15, 0.2) is 6.20 Å². The standard InChI is InChI=1S/C17H27N5O/c1-21-11-14(15(20-21)13-4-2-7-18-10-13)16(23)22-9-6-17(12-22)5-3-8-19-17/h11,13,18-19H,2-10,12H2,1H3. The molecule has 2 atom stereocenters. The molecule has 4 rings (SSSR count). The van der Waals surface area contributed by atoms with Gasteiger partial charge in [-0.3, -0.25) is 9.48 Å². The van der Waals surface area contributed by atoms with Crippen molar-refractivity contribution in [2.75, 3.05) is 32.7 Å². The zero-order valence-electron chi connectivity index (χ0n) is 14.0. The highest BCUT2D eigenvalue weighted by atomic mass is 16.2. The Morgan fingerprint density at radius 2 is 2.26 bits per heavy atom. The molecule has 3 saturated heterocycles. The maximum absolute atomic E-state index is 13.1. The third kappa shape index (κ3) is 2.78. The van der Waals surface area contributed by atoms with Gasteiger partial charge in [0, 0.05) is 44.3 Å². The maximum atomic E-state index is 13.1. The SMILES string of the molecule is Cn1cc(C(=O)N2CCC3(CCCN3)C2)c(C2CCCNC2)n1. The summed E-state index contributed by atoms with van der Waals surface area (Å²) in [4.78, 5) is 15.1. The summed E-state index contributed by atoms with van der Waals surface area (Å²) in [5.41, 5.74) is 1.99. The Bertz CT molecular complexity index is 584. The summed E-state index contributed by atoms with van der Waals surface area (Å²) in [6.45, 7) is 4.82. The van der Waals surface area contributed by atoms with Gasteiger partial charge in [0.15, 0.2) is 0 Å². The van der Waals surface area contributed by atoms with E-state index in [1.165, 1.54) is 12.8 Å². The second kappa shape index (κ2) is 5.91. The molecule has 1 amide bonds. The highest BCUT2D eigenvalue weighted by molar-refractivity contribution is 5.95. The molecule has 4 heterocycles. The van der Waals surface area contributed by atoms with Crippen molar-refractivity contribution in [2.45, 2.75) is 43.6 Å². The monoisotopic (exact) mass is 317 g/mol. The fourth-order valence-electron chi connectivity index (χ4n) is 4.49. The van der Waals surface area contributed by atoms with Gasteiger partial charge in [0.25, 0.3) is 5.91 Å². The number of nitrogens with zero attached hydrogens (tertiary/aromatic N) is 3. The number of carbonyl (C=O) groups is 1. The molecular formula is C17H27N5O. The number of carbonyl (C=O) groups excluding carboxylic acids is 1. The van der Waals surface area contributed by atoms with Crippen molar-refractivity contribution in [3.8, 4) is 0 Å². The second-order valence-corrected chi connectivity index (χ2v) is 7.43.